The average molecular weight is 627 g/mol. The number of carbonyl (C=O) groups is 5. The van der Waals surface area contributed by atoms with Crippen LogP contribution in [0.3, 0.4) is 0 Å². The van der Waals surface area contributed by atoms with Crippen LogP contribution in [0.2, 0.25) is 0 Å². The van der Waals surface area contributed by atoms with E-state index in [1.807, 2.05) is 60.7 Å². The van der Waals surface area contributed by atoms with Gasteiger partial charge in [-0.1, -0.05) is 78.9 Å². The zero-order valence-corrected chi connectivity index (χ0v) is 25.6. The Balaban J connectivity index is 1.60. The number of aromatic amines is 1. The molecule has 1 heterocycles. The van der Waals surface area contributed by atoms with Gasteiger partial charge >= 0.3 is 0 Å². The van der Waals surface area contributed by atoms with Crippen LogP contribution in [0.4, 0.5) is 0 Å². The SMILES string of the molecule is C[C@@H](O)[C@H](NC(=O)C[C@H](NC(=O)c1c[nH]c2ccccc12)C(=O)N[C@@H](Cc1ccccc1)C(=O)N(C)Cc1ccccc1)C(N)=O. The number of rotatable bonds is 14. The number of hydrogen-bond donors (Lipinski definition) is 6. The van der Waals surface area contributed by atoms with Gasteiger partial charge in [0.05, 0.1) is 18.1 Å². The van der Waals surface area contributed by atoms with Crippen LogP contribution in [0.25, 0.3) is 10.9 Å². The van der Waals surface area contributed by atoms with Crippen LogP contribution in [0.15, 0.2) is 91.1 Å². The second kappa shape index (κ2) is 15.5. The summed E-state index contributed by atoms with van der Waals surface area (Å²) in [7, 11) is 1.63. The predicted octanol–water partition coefficient (Wildman–Crippen LogP) is 1.39. The zero-order chi connectivity index (χ0) is 33.2. The Bertz CT molecular complexity index is 1670. The maximum absolute atomic E-state index is 13.9. The maximum Gasteiger partial charge on any atom is 0.254 e. The molecule has 12 nitrogen and oxygen atoms in total. The first kappa shape index (κ1) is 33.4. The summed E-state index contributed by atoms with van der Waals surface area (Å²) in [6.45, 7) is 1.57. The Morgan fingerprint density at radius 1 is 0.826 bits per heavy atom. The molecule has 0 aliphatic rings. The van der Waals surface area contributed by atoms with E-state index in [2.05, 4.69) is 20.9 Å². The third kappa shape index (κ3) is 8.79. The highest BCUT2D eigenvalue weighted by Crippen LogP contribution is 2.18. The van der Waals surface area contributed by atoms with E-state index >= 15 is 0 Å². The molecular formula is C34H38N6O6. The van der Waals surface area contributed by atoms with Gasteiger partial charge in [0.1, 0.15) is 18.1 Å². The van der Waals surface area contributed by atoms with Crippen molar-refractivity contribution in [1.29, 1.82) is 0 Å². The highest BCUT2D eigenvalue weighted by atomic mass is 16.3. The molecule has 3 aromatic carbocycles. The second-order valence-electron chi connectivity index (χ2n) is 11.1. The minimum absolute atomic E-state index is 0.144. The van der Waals surface area contributed by atoms with E-state index in [9.17, 15) is 29.1 Å². The number of primary amides is 1. The molecule has 7 N–H and O–H groups in total. The molecule has 4 rings (SSSR count). The molecule has 240 valence electrons. The van der Waals surface area contributed by atoms with Crippen LogP contribution in [0.1, 0.15) is 34.8 Å². The molecule has 0 radical (unpaired) electrons. The number of aliphatic hydroxyl groups is 1. The van der Waals surface area contributed by atoms with Gasteiger partial charge in [0.15, 0.2) is 0 Å². The van der Waals surface area contributed by atoms with Crippen molar-refractivity contribution < 1.29 is 29.1 Å². The van der Waals surface area contributed by atoms with Gasteiger partial charge in [-0.3, -0.25) is 24.0 Å². The van der Waals surface area contributed by atoms with Crippen LogP contribution in [-0.2, 0) is 32.1 Å². The fourth-order valence-corrected chi connectivity index (χ4v) is 5.08. The molecule has 1 aromatic heterocycles. The number of nitrogens with one attached hydrogen (secondary N) is 4. The number of carbonyl (C=O) groups excluding carboxylic acids is 5. The van der Waals surface area contributed by atoms with Gasteiger partial charge in [0.25, 0.3) is 5.91 Å². The molecule has 0 unspecified atom stereocenters. The molecule has 4 atom stereocenters. The fraction of sp³-hybridized carbons (Fsp3) is 0.265. The van der Waals surface area contributed by atoms with Crippen molar-refractivity contribution in [3.63, 3.8) is 0 Å². The molecule has 0 saturated heterocycles. The van der Waals surface area contributed by atoms with Crippen LogP contribution < -0.4 is 21.7 Å². The van der Waals surface area contributed by atoms with Crippen LogP contribution in [0, 0.1) is 0 Å². The highest BCUT2D eigenvalue weighted by molar-refractivity contribution is 6.08. The molecule has 0 aliphatic carbocycles. The smallest absolute Gasteiger partial charge is 0.254 e. The van der Waals surface area contributed by atoms with Gasteiger partial charge in [0.2, 0.25) is 23.6 Å². The van der Waals surface area contributed by atoms with Gasteiger partial charge in [-0.2, -0.15) is 0 Å². The van der Waals surface area contributed by atoms with Crippen LogP contribution >= 0.6 is 0 Å². The summed E-state index contributed by atoms with van der Waals surface area (Å²) >= 11 is 0. The molecule has 5 amide bonds. The van der Waals surface area contributed by atoms with Gasteiger partial charge in [-0.25, -0.2) is 0 Å². The number of aliphatic hydroxyl groups excluding tert-OH is 1. The fourth-order valence-electron chi connectivity index (χ4n) is 5.08. The lowest BCUT2D eigenvalue weighted by Crippen LogP contribution is -2.57. The van der Waals surface area contributed by atoms with Crippen molar-refractivity contribution in [2.45, 2.75) is 50.5 Å². The van der Waals surface area contributed by atoms with Gasteiger partial charge < -0.3 is 36.7 Å². The summed E-state index contributed by atoms with van der Waals surface area (Å²) < 4.78 is 0. The number of aromatic nitrogens is 1. The van der Waals surface area contributed by atoms with Crippen molar-refractivity contribution in [2.24, 2.45) is 5.73 Å². The first-order valence-corrected chi connectivity index (χ1v) is 14.8. The maximum atomic E-state index is 13.9. The lowest BCUT2D eigenvalue weighted by Gasteiger charge is -2.27. The molecule has 0 fully saturated rings. The molecule has 0 spiro atoms. The largest absolute Gasteiger partial charge is 0.391 e. The normalized spacial score (nSPS) is 13.5. The number of hydrogen-bond acceptors (Lipinski definition) is 6. The molecular weight excluding hydrogens is 588 g/mol. The van der Waals surface area contributed by atoms with E-state index in [0.717, 1.165) is 11.1 Å². The molecule has 0 bridgehead atoms. The molecule has 4 aromatic rings. The van der Waals surface area contributed by atoms with E-state index in [1.165, 1.54) is 18.0 Å². The summed E-state index contributed by atoms with van der Waals surface area (Å²) in [4.78, 5) is 70.4. The van der Waals surface area contributed by atoms with Crippen molar-refractivity contribution >= 4 is 40.4 Å². The minimum Gasteiger partial charge on any atom is -0.391 e. The van der Waals surface area contributed by atoms with E-state index in [-0.39, 0.29) is 24.4 Å². The Hall–Kier alpha value is -5.49. The Morgan fingerprint density at radius 2 is 1.43 bits per heavy atom. The summed E-state index contributed by atoms with van der Waals surface area (Å²) in [6.07, 6.45) is -0.275. The van der Waals surface area contributed by atoms with Gasteiger partial charge in [-0.15, -0.1) is 0 Å². The zero-order valence-electron chi connectivity index (χ0n) is 25.6. The number of nitrogens with zero attached hydrogens (tertiary/aromatic N) is 1. The summed E-state index contributed by atoms with van der Waals surface area (Å²) in [5.41, 5.74) is 7.94. The van der Waals surface area contributed by atoms with Crippen molar-refractivity contribution in [2.75, 3.05) is 7.05 Å². The van der Waals surface area contributed by atoms with E-state index in [4.69, 9.17) is 5.73 Å². The number of benzene rings is 3. The summed E-state index contributed by atoms with van der Waals surface area (Å²) in [5, 5.41) is 18.2. The number of nitrogens with two attached hydrogens (primary N) is 1. The van der Waals surface area contributed by atoms with E-state index in [1.54, 1.807) is 31.3 Å². The van der Waals surface area contributed by atoms with Gasteiger partial charge in [0, 0.05) is 37.1 Å². The third-order valence-corrected chi connectivity index (χ3v) is 7.49. The number of likely N-dealkylation sites (N-methyl/N-ethyl adjacent to an activating group) is 1. The third-order valence-electron chi connectivity index (χ3n) is 7.49. The van der Waals surface area contributed by atoms with Crippen LogP contribution in [0.5, 0.6) is 0 Å². The monoisotopic (exact) mass is 626 g/mol. The summed E-state index contributed by atoms with van der Waals surface area (Å²) in [6, 6.07) is 21.7. The highest BCUT2D eigenvalue weighted by Gasteiger charge is 2.32. The average Bonchev–Trinajstić information content (AvgIpc) is 3.48. The molecule has 0 aliphatic heterocycles. The molecule has 0 saturated carbocycles. The van der Waals surface area contributed by atoms with E-state index < -0.39 is 54.3 Å². The van der Waals surface area contributed by atoms with E-state index in [0.29, 0.717) is 10.9 Å². The number of fused-ring (bicyclic) bond motifs is 1. The standard InChI is InChI=1S/C34H38N6O6/c1-21(41)30(31(35)43)39-29(42)18-27(37-32(44)25-19-36-26-16-10-9-15-24(25)26)33(45)38-28(17-22-11-5-3-6-12-22)34(46)40(2)20-23-13-7-4-8-14-23/h3-16,19,21,27-28,30,36,41H,17-18,20H2,1-2H3,(H2,35,43)(H,37,44)(H,38,45)(H,39,42)/t21-,27+,28+,30+/m1/s1. The predicted molar refractivity (Wildman–Crippen MR) is 172 cm³/mol. The number of amides is 5. The molecule has 46 heavy (non-hydrogen) atoms. The molecule has 12 heteroatoms. The first-order chi connectivity index (χ1) is 22.0. The van der Waals surface area contributed by atoms with Gasteiger partial charge in [-0.05, 0) is 24.1 Å². The number of H-pyrrole nitrogens is 1. The van der Waals surface area contributed by atoms with Crippen molar-refractivity contribution in [1.82, 2.24) is 25.8 Å². The Kier molecular flexibility index (Phi) is 11.2. The lowest BCUT2D eigenvalue weighted by atomic mass is 10.0. The Morgan fingerprint density at radius 3 is 2.07 bits per heavy atom. The van der Waals surface area contributed by atoms with Crippen LogP contribution in [-0.4, -0.2) is 75.8 Å². The minimum atomic E-state index is -1.46. The first-order valence-electron chi connectivity index (χ1n) is 14.8. The summed E-state index contributed by atoms with van der Waals surface area (Å²) in [5.74, 6) is -3.61. The lowest BCUT2D eigenvalue weighted by molar-refractivity contribution is -0.137. The quantitative estimate of drug-likeness (QED) is 0.123. The topological polar surface area (TPSA) is 187 Å². The number of para-hydroxylation sites is 1. The van der Waals surface area contributed by atoms with Crippen molar-refractivity contribution in [3.8, 4) is 0 Å². The Labute approximate surface area is 266 Å². The van der Waals surface area contributed by atoms with Crippen molar-refractivity contribution in [3.05, 3.63) is 108 Å². The second-order valence-corrected chi connectivity index (χ2v) is 11.1.